The lowest BCUT2D eigenvalue weighted by molar-refractivity contribution is 0.0428. The molecule has 3 aliphatic rings. The quantitative estimate of drug-likeness (QED) is 0.791. The Morgan fingerprint density at radius 3 is 2.59 bits per heavy atom. The molecule has 0 unspecified atom stereocenters. The molecule has 17 heavy (non-hydrogen) atoms. The second-order valence-electron chi connectivity index (χ2n) is 6.08. The van der Waals surface area contributed by atoms with Crippen LogP contribution in [0.1, 0.15) is 38.5 Å². The van der Waals surface area contributed by atoms with Gasteiger partial charge in [-0.3, -0.25) is 4.90 Å². The molecule has 3 fully saturated rings. The molecule has 1 N–H and O–H groups in total. The molecular formula is C14H26N2O. The molecule has 2 saturated heterocycles. The van der Waals surface area contributed by atoms with Gasteiger partial charge in [0.15, 0.2) is 0 Å². The van der Waals surface area contributed by atoms with Gasteiger partial charge in [-0.05, 0) is 51.0 Å². The van der Waals surface area contributed by atoms with Crippen LogP contribution in [0, 0.1) is 5.92 Å². The average molecular weight is 238 g/mol. The van der Waals surface area contributed by atoms with Crippen molar-refractivity contribution in [3.05, 3.63) is 0 Å². The van der Waals surface area contributed by atoms with Gasteiger partial charge in [-0.15, -0.1) is 0 Å². The molecule has 1 saturated carbocycles. The number of fused-ring (bicyclic) bond motifs is 1. The first-order chi connectivity index (χ1) is 8.36. The monoisotopic (exact) mass is 238 g/mol. The van der Waals surface area contributed by atoms with E-state index in [-0.39, 0.29) is 0 Å². The van der Waals surface area contributed by atoms with Crippen molar-refractivity contribution >= 4 is 0 Å². The van der Waals surface area contributed by atoms with Crippen LogP contribution >= 0.6 is 0 Å². The molecule has 2 heterocycles. The summed E-state index contributed by atoms with van der Waals surface area (Å²) in [5.74, 6) is 0.934. The van der Waals surface area contributed by atoms with E-state index in [0.717, 1.165) is 18.0 Å². The van der Waals surface area contributed by atoms with Crippen molar-refractivity contribution in [2.45, 2.75) is 56.7 Å². The number of nitrogens with one attached hydrogen (secondary N) is 1. The van der Waals surface area contributed by atoms with Gasteiger partial charge >= 0.3 is 0 Å². The molecule has 0 radical (unpaired) electrons. The molecule has 0 spiro atoms. The maximum Gasteiger partial charge on any atom is 0.0572 e. The Balaban J connectivity index is 1.52. The predicted molar refractivity (Wildman–Crippen MR) is 69.1 cm³/mol. The van der Waals surface area contributed by atoms with E-state index < -0.39 is 0 Å². The zero-order valence-corrected chi connectivity index (χ0v) is 11.0. The van der Waals surface area contributed by atoms with Crippen molar-refractivity contribution in [1.29, 1.82) is 0 Å². The molecule has 2 atom stereocenters. The lowest BCUT2D eigenvalue weighted by Crippen LogP contribution is -2.42. The second kappa shape index (κ2) is 5.25. The van der Waals surface area contributed by atoms with E-state index in [1.165, 1.54) is 58.2 Å². The number of likely N-dealkylation sites (tertiary alicyclic amines) is 1. The van der Waals surface area contributed by atoms with Crippen LogP contribution in [0.15, 0.2) is 0 Å². The van der Waals surface area contributed by atoms with Crippen LogP contribution in [0.4, 0.5) is 0 Å². The van der Waals surface area contributed by atoms with Crippen LogP contribution in [0.25, 0.3) is 0 Å². The number of hydrogen-bond acceptors (Lipinski definition) is 3. The zero-order valence-electron chi connectivity index (χ0n) is 11.0. The van der Waals surface area contributed by atoms with Crippen molar-refractivity contribution in [3.8, 4) is 0 Å². The Bertz CT molecular complexity index is 237. The lowest BCUT2D eigenvalue weighted by atomic mass is 9.92. The number of ether oxygens (including phenoxy) is 1. The summed E-state index contributed by atoms with van der Waals surface area (Å²) >= 11 is 0. The van der Waals surface area contributed by atoms with Crippen molar-refractivity contribution in [3.63, 3.8) is 0 Å². The molecule has 0 aromatic rings. The van der Waals surface area contributed by atoms with Gasteiger partial charge in [-0.1, -0.05) is 0 Å². The molecule has 1 aliphatic carbocycles. The predicted octanol–water partition coefficient (Wildman–Crippen LogP) is 1.63. The van der Waals surface area contributed by atoms with Gasteiger partial charge < -0.3 is 10.1 Å². The van der Waals surface area contributed by atoms with Crippen LogP contribution in [0.2, 0.25) is 0 Å². The molecule has 3 rings (SSSR count). The average Bonchev–Trinajstić information content (AvgIpc) is 2.82. The fourth-order valence-corrected chi connectivity index (χ4v) is 4.02. The van der Waals surface area contributed by atoms with Gasteiger partial charge in [0.1, 0.15) is 0 Å². The van der Waals surface area contributed by atoms with Crippen molar-refractivity contribution in [2.24, 2.45) is 5.92 Å². The normalized spacial score (nSPS) is 43.6. The summed E-state index contributed by atoms with van der Waals surface area (Å²) in [6.45, 7) is 3.89. The maximum absolute atomic E-state index is 5.47. The van der Waals surface area contributed by atoms with Crippen LogP contribution < -0.4 is 5.32 Å². The van der Waals surface area contributed by atoms with Crippen molar-refractivity contribution in [1.82, 2.24) is 10.2 Å². The third kappa shape index (κ3) is 2.51. The summed E-state index contributed by atoms with van der Waals surface area (Å²) < 4.78 is 5.47. The summed E-state index contributed by atoms with van der Waals surface area (Å²) in [6, 6.07) is 1.64. The standard InChI is InChI=1S/C14H26N2O/c1-17-13-6-4-12(5-7-13)16-9-11-3-2-8-15-14(11)10-16/h11-15H,2-10H2,1H3/t11-,12?,13?,14+/m0/s1. The van der Waals surface area contributed by atoms with E-state index in [0.29, 0.717) is 6.10 Å². The first-order valence-corrected chi connectivity index (χ1v) is 7.37. The Morgan fingerprint density at radius 1 is 1.06 bits per heavy atom. The molecule has 3 nitrogen and oxygen atoms in total. The second-order valence-corrected chi connectivity index (χ2v) is 6.08. The molecule has 0 amide bonds. The van der Waals surface area contributed by atoms with Gasteiger partial charge in [-0.2, -0.15) is 0 Å². The SMILES string of the molecule is COC1CCC(N2C[C@@H]3CCCN[C@@H]3C2)CC1. The van der Waals surface area contributed by atoms with E-state index in [1.54, 1.807) is 0 Å². The highest BCUT2D eigenvalue weighted by atomic mass is 16.5. The van der Waals surface area contributed by atoms with Crippen molar-refractivity contribution in [2.75, 3.05) is 26.7 Å². The highest BCUT2D eigenvalue weighted by Gasteiger charge is 2.38. The largest absolute Gasteiger partial charge is 0.381 e. The Labute approximate surface area is 105 Å². The highest BCUT2D eigenvalue weighted by molar-refractivity contribution is 4.95. The maximum atomic E-state index is 5.47. The molecule has 0 aromatic heterocycles. The smallest absolute Gasteiger partial charge is 0.0572 e. The lowest BCUT2D eigenvalue weighted by Gasteiger charge is -2.34. The molecular weight excluding hydrogens is 212 g/mol. The van der Waals surface area contributed by atoms with Gasteiger partial charge in [0.05, 0.1) is 6.10 Å². The third-order valence-corrected chi connectivity index (χ3v) is 5.12. The van der Waals surface area contributed by atoms with Crippen LogP contribution in [0.3, 0.4) is 0 Å². The summed E-state index contributed by atoms with van der Waals surface area (Å²) in [4.78, 5) is 2.76. The first kappa shape index (κ1) is 11.9. The minimum Gasteiger partial charge on any atom is -0.381 e. The van der Waals surface area contributed by atoms with E-state index in [1.807, 2.05) is 7.11 Å². The van der Waals surface area contributed by atoms with Gasteiger partial charge in [0, 0.05) is 32.3 Å². The van der Waals surface area contributed by atoms with Gasteiger partial charge in [0.25, 0.3) is 0 Å². The van der Waals surface area contributed by atoms with E-state index in [2.05, 4.69) is 10.2 Å². The highest BCUT2D eigenvalue weighted by Crippen LogP contribution is 2.31. The number of piperidine rings is 1. The third-order valence-electron chi connectivity index (χ3n) is 5.12. The number of nitrogens with zero attached hydrogens (tertiary/aromatic N) is 1. The van der Waals surface area contributed by atoms with Crippen LogP contribution in [0.5, 0.6) is 0 Å². The van der Waals surface area contributed by atoms with Crippen LogP contribution in [-0.4, -0.2) is 49.8 Å². The molecule has 0 aromatic carbocycles. The van der Waals surface area contributed by atoms with Crippen molar-refractivity contribution < 1.29 is 4.74 Å². The van der Waals surface area contributed by atoms with Gasteiger partial charge in [0.2, 0.25) is 0 Å². The van der Waals surface area contributed by atoms with Crippen LogP contribution in [-0.2, 0) is 4.74 Å². The Kier molecular flexibility index (Phi) is 3.69. The number of rotatable bonds is 2. The first-order valence-electron chi connectivity index (χ1n) is 7.37. The Hall–Kier alpha value is -0.120. The summed E-state index contributed by atoms with van der Waals surface area (Å²) in [5, 5.41) is 3.70. The molecule has 3 heteroatoms. The van der Waals surface area contributed by atoms with E-state index in [9.17, 15) is 0 Å². The summed E-state index contributed by atoms with van der Waals surface area (Å²) in [7, 11) is 1.86. The topological polar surface area (TPSA) is 24.5 Å². The fraction of sp³-hybridized carbons (Fsp3) is 1.00. The number of hydrogen-bond donors (Lipinski definition) is 1. The van der Waals surface area contributed by atoms with Gasteiger partial charge in [-0.25, -0.2) is 0 Å². The minimum atomic E-state index is 0.536. The molecule has 0 bridgehead atoms. The van der Waals surface area contributed by atoms with E-state index in [4.69, 9.17) is 4.74 Å². The van der Waals surface area contributed by atoms with E-state index >= 15 is 0 Å². The summed E-state index contributed by atoms with van der Waals surface area (Å²) in [6.07, 6.45) is 8.58. The molecule has 98 valence electrons. The number of methoxy groups -OCH3 is 1. The zero-order chi connectivity index (χ0) is 11.7. The Morgan fingerprint density at radius 2 is 1.88 bits per heavy atom. The minimum absolute atomic E-state index is 0.536. The fourth-order valence-electron chi connectivity index (χ4n) is 4.02. The molecule has 2 aliphatic heterocycles. The summed E-state index contributed by atoms with van der Waals surface area (Å²) in [5.41, 5.74) is 0.